The number of benzene rings is 1. The quantitative estimate of drug-likeness (QED) is 0.811. The highest BCUT2D eigenvalue weighted by Gasteiger charge is 2.30. The van der Waals surface area contributed by atoms with Gasteiger partial charge in [0.05, 0.1) is 11.0 Å². The summed E-state index contributed by atoms with van der Waals surface area (Å²) in [4.78, 5) is 16.4. The molecule has 0 saturated heterocycles. The summed E-state index contributed by atoms with van der Waals surface area (Å²) in [6.07, 6.45) is -1.31. The summed E-state index contributed by atoms with van der Waals surface area (Å²) in [5.41, 5.74) is -0.117. The van der Waals surface area contributed by atoms with Crippen molar-refractivity contribution in [1.82, 2.24) is 9.55 Å². The highest BCUT2D eigenvalue weighted by Crippen LogP contribution is 2.20. The number of alkyl halides is 3. The summed E-state index contributed by atoms with van der Waals surface area (Å²) in [5, 5.41) is 0. The topological polar surface area (TPSA) is 34.9 Å². The molecule has 2 aromatic rings. The second kappa shape index (κ2) is 5.55. The van der Waals surface area contributed by atoms with Gasteiger partial charge in [-0.15, -0.1) is 0 Å². The summed E-state index contributed by atoms with van der Waals surface area (Å²) in [6, 6.07) is 6.22. The predicted octanol–water partition coefficient (Wildman–Crippen LogP) is 3.55. The number of para-hydroxylation sites is 2. The van der Waals surface area contributed by atoms with Crippen LogP contribution < -0.4 is 5.56 Å². The SMILES string of the molecule is C=C(/C=C\C)c1nc2ccccc2n(CC(F)(F)F)c1=O. The number of fused-ring (bicyclic) bond motifs is 1. The van der Waals surface area contributed by atoms with Crippen molar-refractivity contribution in [2.24, 2.45) is 0 Å². The molecule has 1 aromatic carbocycles. The Balaban J connectivity index is 2.77. The monoisotopic (exact) mass is 294 g/mol. The molecule has 21 heavy (non-hydrogen) atoms. The van der Waals surface area contributed by atoms with Gasteiger partial charge >= 0.3 is 6.18 Å². The third-order valence-electron chi connectivity index (χ3n) is 2.86. The average molecular weight is 294 g/mol. The maximum atomic E-state index is 12.7. The number of aromatic nitrogens is 2. The number of halogens is 3. The number of hydrogen-bond acceptors (Lipinski definition) is 2. The van der Waals surface area contributed by atoms with E-state index in [4.69, 9.17) is 0 Å². The smallest absolute Gasteiger partial charge is 0.296 e. The van der Waals surface area contributed by atoms with Crippen molar-refractivity contribution < 1.29 is 13.2 Å². The normalized spacial score (nSPS) is 12.2. The highest BCUT2D eigenvalue weighted by atomic mass is 19.4. The van der Waals surface area contributed by atoms with E-state index in [1.807, 2.05) is 0 Å². The van der Waals surface area contributed by atoms with Crippen LogP contribution in [0.3, 0.4) is 0 Å². The van der Waals surface area contributed by atoms with Crippen LogP contribution >= 0.6 is 0 Å². The van der Waals surface area contributed by atoms with E-state index in [2.05, 4.69) is 11.6 Å². The molecule has 0 aliphatic rings. The van der Waals surface area contributed by atoms with Crippen LogP contribution in [0.25, 0.3) is 16.6 Å². The van der Waals surface area contributed by atoms with Gasteiger partial charge in [0.15, 0.2) is 0 Å². The lowest BCUT2D eigenvalue weighted by atomic mass is 10.2. The minimum absolute atomic E-state index is 0.0731. The number of rotatable bonds is 3. The molecule has 0 amide bonds. The van der Waals surface area contributed by atoms with Gasteiger partial charge in [-0.3, -0.25) is 9.36 Å². The molecule has 0 aliphatic heterocycles. The molecule has 6 heteroatoms. The fourth-order valence-electron chi connectivity index (χ4n) is 2.02. The van der Waals surface area contributed by atoms with Crippen molar-refractivity contribution in [3.05, 3.63) is 59.0 Å². The van der Waals surface area contributed by atoms with Gasteiger partial charge in [-0.05, 0) is 24.6 Å². The van der Waals surface area contributed by atoms with Gasteiger partial charge in [0, 0.05) is 0 Å². The van der Waals surface area contributed by atoms with E-state index in [1.165, 1.54) is 12.1 Å². The molecule has 0 unspecified atom stereocenters. The first-order valence-electron chi connectivity index (χ1n) is 6.22. The van der Waals surface area contributed by atoms with Gasteiger partial charge in [-0.1, -0.05) is 30.9 Å². The first-order valence-corrected chi connectivity index (χ1v) is 6.22. The maximum Gasteiger partial charge on any atom is 0.406 e. The first kappa shape index (κ1) is 15.0. The molecule has 0 atom stereocenters. The van der Waals surface area contributed by atoms with Crippen molar-refractivity contribution >= 4 is 16.6 Å². The second-order valence-electron chi connectivity index (χ2n) is 4.48. The molecule has 0 fully saturated rings. The minimum atomic E-state index is -4.49. The second-order valence-corrected chi connectivity index (χ2v) is 4.48. The van der Waals surface area contributed by atoms with Crippen LogP contribution in [0, 0.1) is 0 Å². The molecule has 0 aliphatic carbocycles. The predicted molar refractivity (Wildman–Crippen MR) is 75.9 cm³/mol. The van der Waals surface area contributed by atoms with Gasteiger partial charge in [-0.25, -0.2) is 4.98 Å². The molecule has 110 valence electrons. The van der Waals surface area contributed by atoms with E-state index in [0.29, 0.717) is 10.1 Å². The van der Waals surface area contributed by atoms with E-state index >= 15 is 0 Å². The van der Waals surface area contributed by atoms with Crippen LogP contribution in [0.2, 0.25) is 0 Å². The van der Waals surface area contributed by atoms with Crippen LogP contribution in [-0.4, -0.2) is 15.7 Å². The number of nitrogens with zero attached hydrogens (tertiary/aromatic N) is 2. The Labute approximate surface area is 119 Å². The molecular formula is C15H13F3N2O. The van der Waals surface area contributed by atoms with E-state index in [0.717, 1.165) is 0 Å². The Morgan fingerprint density at radius 1 is 1.38 bits per heavy atom. The van der Waals surface area contributed by atoms with Crippen LogP contribution in [0.1, 0.15) is 12.6 Å². The average Bonchev–Trinajstić information content (AvgIpc) is 2.40. The molecule has 0 saturated carbocycles. The minimum Gasteiger partial charge on any atom is -0.296 e. The Morgan fingerprint density at radius 2 is 2.05 bits per heavy atom. The zero-order valence-electron chi connectivity index (χ0n) is 11.3. The third kappa shape index (κ3) is 3.21. The lowest BCUT2D eigenvalue weighted by Gasteiger charge is -2.14. The molecule has 0 bridgehead atoms. The lowest BCUT2D eigenvalue weighted by Crippen LogP contribution is -2.31. The van der Waals surface area contributed by atoms with Gasteiger partial charge in [-0.2, -0.15) is 13.2 Å². The third-order valence-corrected chi connectivity index (χ3v) is 2.86. The van der Waals surface area contributed by atoms with Crippen LogP contribution in [0.5, 0.6) is 0 Å². The molecule has 0 radical (unpaired) electrons. The Bertz CT molecular complexity index is 773. The summed E-state index contributed by atoms with van der Waals surface area (Å²) in [7, 11) is 0. The van der Waals surface area contributed by atoms with E-state index in [1.54, 1.807) is 31.2 Å². The van der Waals surface area contributed by atoms with Crippen molar-refractivity contribution in [1.29, 1.82) is 0 Å². The number of hydrogen-bond donors (Lipinski definition) is 0. The molecule has 3 nitrogen and oxygen atoms in total. The molecule has 1 heterocycles. The van der Waals surface area contributed by atoms with Crippen molar-refractivity contribution in [3.8, 4) is 0 Å². The zero-order chi connectivity index (χ0) is 15.6. The summed E-state index contributed by atoms with van der Waals surface area (Å²) >= 11 is 0. The Kier molecular flexibility index (Phi) is 3.97. The molecule has 0 N–H and O–H groups in total. The van der Waals surface area contributed by atoms with Crippen LogP contribution in [0.4, 0.5) is 13.2 Å². The molecule has 0 spiro atoms. The lowest BCUT2D eigenvalue weighted by molar-refractivity contribution is -0.140. The summed E-state index contributed by atoms with van der Waals surface area (Å²) in [5.74, 6) is 0. The van der Waals surface area contributed by atoms with Gasteiger partial charge in [0.25, 0.3) is 5.56 Å². The first-order chi connectivity index (χ1) is 9.83. The molecule has 1 aromatic heterocycles. The van der Waals surface area contributed by atoms with Crippen molar-refractivity contribution in [2.75, 3.05) is 0 Å². The maximum absolute atomic E-state index is 12.7. The van der Waals surface area contributed by atoms with Gasteiger partial charge in [0.2, 0.25) is 0 Å². The summed E-state index contributed by atoms with van der Waals surface area (Å²) in [6.45, 7) is 4.04. The van der Waals surface area contributed by atoms with Crippen LogP contribution in [-0.2, 0) is 6.54 Å². The van der Waals surface area contributed by atoms with E-state index < -0.39 is 18.3 Å². The standard InChI is InChI=1S/C15H13F3N2O/c1-3-6-10(2)13-14(21)20(9-15(16,17)18)12-8-5-4-7-11(12)19-13/h3-8H,2,9H2,1H3/b6-3-. The number of allylic oxidation sites excluding steroid dienone is 3. The molecular weight excluding hydrogens is 281 g/mol. The Hall–Kier alpha value is -2.37. The fourth-order valence-corrected chi connectivity index (χ4v) is 2.02. The van der Waals surface area contributed by atoms with E-state index in [-0.39, 0.29) is 16.8 Å². The highest BCUT2D eigenvalue weighted by molar-refractivity contribution is 5.78. The van der Waals surface area contributed by atoms with Gasteiger partial charge < -0.3 is 0 Å². The summed E-state index contributed by atoms with van der Waals surface area (Å²) < 4.78 is 38.8. The largest absolute Gasteiger partial charge is 0.406 e. The van der Waals surface area contributed by atoms with Crippen molar-refractivity contribution in [3.63, 3.8) is 0 Å². The van der Waals surface area contributed by atoms with Crippen LogP contribution in [0.15, 0.2) is 47.8 Å². The van der Waals surface area contributed by atoms with Crippen molar-refractivity contribution in [2.45, 2.75) is 19.6 Å². The fraction of sp³-hybridized carbons (Fsp3) is 0.200. The Morgan fingerprint density at radius 3 is 2.67 bits per heavy atom. The zero-order valence-corrected chi connectivity index (χ0v) is 11.3. The molecule has 2 rings (SSSR count). The van der Waals surface area contributed by atoms with Gasteiger partial charge in [0.1, 0.15) is 12.2 Å². The van der Waals surface area contributed by atoms with E-state index in [9.17, 15) is 18.0 Å².